The van der Waals surface area contributed by atoms with E-state index in [1.807, 2.05) is 0 Å². The van der Waals surface area contributed by atoms with E-state index in [9.17, 15) is 31.2 Å². The Morgan fingerprint density at radius 1 is 0.696 bits per heavy atom. The third-order valence-electron chi connectivity index (χ3n) is 8.54. The Hall–Kier alpha value is -1.72. The molecule has 0 radical (unpaired) electrons. The van der Waals surface area contributed by atoms with Crippen LogP contribution < -0.4 is 5.32 Å². The van der Waals surface area contributed by atoms with Crippen molar-refractivity contribution in [2.75, 3.05) is 65.4 Å². The first kappa shape index (κ1) is 40.5. The van der Waals surface area contributed by atoms with Crippen molar-refractivity contribution < 1.29 is 36.0 Å². The van der Waals surface area contributed by atoms with Gasteiger partial charge in [-0.1, -0.05) is 0 Å². The van der Waals surface area contributed by atoms with Crippen LogP contribution in [0.3, 0.4) is 0 Å². The van der Waals surface area contributed by atoms with Crippen LogP contribution in [-0.4, -0.2) is 152 Å². The molecule has 4 aliphatic rings. The molecule has 3 amide bonds. The minimum absolute atomic E-state index is 0. The van der Waals surface area contributed by atoms with Crippen LogP contribution in [0.15, 0.2) is 0 Å². The van der Waals surface area contributed by atoms with Gasteiger partial charge in [-0.25, -0.2) is 21.6 Å². The lowest BCUT2D eigenvalue weighted by Gasteiger charge is -2.37. The Kier molecular flexibility index (Phi) is 14.6. The fourth-order valence-electron chi connectivity index (χ4n) is 5.81. The number of carbonyl (C=O) groups excluding carboxylic acids is 3. The number of likely N-dealkylation sites (tertiary alicyclic amines) is 1. The van der Waals surface area contributed by atoms with Gasteiger partial charge in [0.1, 0.15) is 11.6 Å². The average molecular weight is 715 g/mol. The van der Waals surface area contributed by atoms with Crippen LogP contribution in [0.1, 0.15) is 74.1 Å². The van der Waals surface area contributed by atoms with E-state index in [-0.39, 0.29) is 30.3 Å². The molecule has 0 aromatic heterocycles. The summed E-state index contributed by atoms with van der Waals surface area (Å²) < 4.78 is 56.9. The van der Waals surface area contributed by atoms with Gasteiger partial charge in [0, 0.05) is 58.9 Å². The normalized spacial score (nSPS) is 23.6. The Morgan fingerprint density at radius 2 is 1.15 bits per heavy atom. The van der Waals surface area contributed by atoms with Gasteiger partial charge in [-0.2, -0.15) is 8.61 Å². The number of hydrogen-bond donors (Lipinski definition) is 1. The first-order valence-electron chi connectivity index (χ1n) is 16.1. The monoisotopic (exact) mass is 714 g/mol. The highest BCUT2D eigenvalue weighted by atomic mass is 35.5. The Morgan fingerprint density at radius 3 is 1.54 bits per heavy atom. The lowest BCUT2D eigenvalue weighted by atomic mass is 10.1. The molecule has 46 heavy (non-hydrogen) atoms. The van der Waals surface area contributed by atoms with Crippen LogP contribution in [-0.2, 0) is 34.4 Å². The van der Waals surface area contributed by atoms with Gasteiger partial charge in [0.15, 0.2) is 0 Å². The van der Waals surface area contributed by atoms with Crippen LogP contribution in [0, 0.1) is 0 Å². The van der Waals surface area contributed by atoms with Crippen molar-refractivity contribution >= 4 is 50.4 Å². The Balaban J connectivity index is 0.000000328. The number of hydrogen-bond acceptors (Lipinski definition) is 9. The molecule has 0 unspecified atom stereocenters. The lowest BCUT2D eigenvalue weighted by molar-refractivity contribution is -0.137. The van der Waals surface area contributed by atoms with Crippen LogP contribution >= 0.6 is 12.4 Å². The Labute approximate surface area is 282 Å². The summed E-state index contributed by atoms with van der Waals surface area (Å²) in [5.74, 6) is 0.00838. The SMILES string of the molecule is CC(C)S(=O)(=O)N1CCN(C(=O)[C@@H]2CCCN2)CC1.CC(C)S(=O)(=O)N1CCN(C(=O)[C@@H]2CCCN2C(=O)OC(C)(C)C)CC1.Cl. The van der Waals surface area contributed by atoms with Gasteiger partial charge in [-0.15, -0.1) is 12.4 Å². The Bertz CT molecular complexity index is 1250. The molecule has 0 saturated carbocycles. The van der Waals surface area contributed by atoms with Crippen molar-refractivity contribution in [3.8, 4) is 0 Å². The van der Waals surface area contributed by atoms with Crippen molar-refractivity contribution in [2.24, 2.45) is 0 Å². The molecule has 4 fully saturated rings. The minimum Gasteiger partial charge on any atom is -0.444 e. The predicted molar refractivity (Wildman–Crippen MR) is 179 cm³/mol. The molecule has 4 saturated heterocycles. The van der Waals surface area contributed by atoms with Crippen LogP contribution in [0.4, 0.5) is 4.79 Å². The van der Waals surface area contributed by atoms with E-state index >= 15 is 0 Å². The van der Waals surface area contributed by atoms with Crippen LogP contribution in [0.2, 0.25) is 0 Å². The number of carbonyl (C=O) groups is 3. The molecular weight excluding hydrogens is 660 g/mol. The highest BCUT2D eigenvalue weighted by Crippen LogP contribution is 2.24. The molecule has 0 aliphatic carbocycles. The van der Waals surface area contributed by atoms with Crippen molar-refractivity contribution in [3.05, 3.63) is 0 Å². The third-order valence-corrected chi connectivity index (χ3v) is 13.1. The fourth-order valence-corrected chi connectivity index (χ4v) is 8.35. The maximum absolute atomic E-state index is 12.9. The highest BCUT2D eigenvalue weighted by Gasteiger charge is 2.40. The summed E-state index contributed by atoms with van der Waals surface area (Å²) in [6.07, 6.45) is 2.84. The lowest BCUT2D eigenvalue weighted by Crippen LogP contribution is -2.56. The van der Waals surface area contributed by atoms with Crippen molar-refractivity contribution in [3.63, 3.8) is 0 Å². The second-order valence-corrected chi connectivity index (χ2v) is 18.6. The summed E-state index contributed by atoms with van der Waals surface area (Å²) in [4.78, 5) is 42.4. The number of ether oxygens (including phenoxy) is 1. The number of amides is 3. The van der Waals surface area contributed by atoms with Crippen molar-refractivity contribution in [2.45, 2.75) is 102 Å². The number of nitrogens with zero attached hydrogens (tertiary/aromatic N) is 5. The second kappa shape index (κ2) is 16.6. The molecule has 2 atom stereocenters. The van der Waals surface area contributed by atoms with E-state index in [2.05, 4.69) is 5.32 Å². The zero-order valence-electron chi connectivity index (χ0n) is 28.4. The molecular formula is C29H55ClN6O8S2. The molecule has 17 heteroatoms. The largest absolute Gasteiger partial charge is 0.444 e. The molecule has 4 aliphatic heterocycles. The molecule has 0 bridgehead atoms. The summed E-state index contributed by atoms with van der Waals surface area (Å²) >= 11 is 0. The fraction of sp³-hybridized carbons (Fsp3) is 0.897. The summed E-state index contributed by atoms with van der Waals surface area (Å²) in [5, 5.41) is 2.32. The predicted octanol–water partition coefficient (Wildman–Crippen LogP) is 1.31. The van der Waals surface area contributed by atoms with Gasteiger partial charge in [0.25, 0.3) is 0 Å². The number of halogens is 1. The summed E-state index contributed by atoms with van der Waals surface area (Å²) in [6.45, 7) is 16.6. The molecule has 0 aromatic carbocycles. The van der Waals surface area contributed by atoms with Crippen LogP contribution in [0.5, 0.6) is 0 Å². The first-order chi connectivity index (χ1) is 20.9. The molecule has 268 valence electrons. The van der Waals surface area contributed by atoms with E-state index in [1.54, 1.807) is 58.3 Å². The highest BCUT2D eigenvalue weighted by molar-refractivity contribution is 7.89. The van der Waals surface area contributed by atoms with Crippen molar-refractivity contribution in [1.29, 1.82) is 0 Å². The number of sulfonamides is 2. The number of piperazine rings is 2. The van der Waals surface area contributed by atoms with Gasteiger partial charge in [-0.05, 0) is 80.7 Å². The van der Waals surface area contributed by atoms with Gasteiger partial charge in [0.05, 0.1) is 16.5 Å². The van der Waals surface area contributed by atoms with Gasteiger partial charge >= 0.3 is 6.09 Å². The maximum Gasteiger partial charge on any atom is 0.410 e. The number of rotatable bonds is 6. The molecule has 1 N–H and O–H groups in total. The summed E-state index contributed by atoms with van der Waals surface area (Å²) in [5.41, 5.74) is -0.607. The minimum atomic E-state index is -3.30. The summed E-state index contributed by atoms with van der Waals surface area (Å²) in [6, 6.07) is -0.577. The average Bonchev–Trinajstić information content (AvgIpc) is 3.69. The maximum atomic E-state index is 12.9. The zero-order chi connectivity index (χ0) is 33.7. The van der Waals surface area contributed by atoms with E-state index in [0.29, 0.717) is 65.3 Å². The first-order valence-corrected chi connectivity index (χ1v) is 19.2. The topological polar surface area (TPSA) is 157 Å². The van der Waals surface area contributed by atoms with E-state index < -0.39 is 48.3 Å². The molecule has 0 spiro atoms. The quantitative estimate of drug-likeness (QED) is 0.429. The standard InChI is InChI=1S/C17H31N3O5S.C12H23N3O3S.ClH/c1-13(2)26(23,24)19-11-9-18(10-12-19)15(21)14-7-6-8-20(14)16(22)25-17(3,4)5;1-10(2)19(17,18)15-8-6-14(7-9-15)12(16)11-4-3-5-13-11;/h13-14H,6-12H2,1-5H3;10-11,13H,3-9H2,1-2H3;1H/t14-;11-;/m00./s1. The molecule has 14 nitrogen and oxygen atoms in total. The molecule has 4 rings (SSSR count). The smallest absolute Gasteiger partial charge is 0.410 e. The second-order valence-electron chi connectivity index (χ2n) is 13.6. The third kappa shape index (κ3) is 10.1. The molecule has 0 aromatic rings. The molecule has 4 heterocycles. The summed E-state index contributed by atoms with van der Waals surface area (Å²) in [7, 11) is -6.49. The van der Waals surface area contributed by atoms with Crippen LogP contribution in [0.25, 0.3) is 0 Å². The van der Waals surface area contributed by atoms with Gasteiger partial charge in [0.2, 0.25) is 31.9 Å². The zero-order valence-corrected chi connectivity index (χ0v) is 30.9. The van der Waals surface area contributed by atoms with Gasteiger partial charge < -0.3 is 19.9 Å². The van der Waals surface area contributed by atoms with E-state index in [0.717, 1.165) is 25.8 Å². The van der Waals surface area contributed by atoms with E-state index in [4.69, 9.17) is 4.74 Å². The van der Waals surface area contributed by atoms with Gasteiger partial charge in [-0.3, -0.25) is 14.5 Å². The van der Waals surface area contributed by atoms with E-state index in [1.165, 1.54) is 13.5 Å². The number of nitrogens with one attached hydrogen (secondary N) is 1. The van der Waals surface area contributed by atoms with Crippen molar-refractivity contribution in [1.82, 2.24) is 28.6 Å².